The molecule has 106 valence electrons. The van der Waals surface area contributed by atoms with Gasteiger partial charge in [0.15, 0.2) is 0 Å². The number of rotatable bonds is 4. The van der Waals surface area contributed by atoms with Gasteiger partial charge in [-0.15, -0.1) is 0 Å². The molecule has 0 saturated heterocycles. The number of hydrogen-bond donors (Lipinski definition) is 1. The van der Waals surface area contributed by atoms with Crippen LogP contribution < -0.4 is 10.1 Å². The quantitative estimate of drug-likeness (QED) is 0.554. The van der Waals surface area contributed by atoms with Gasteiger partial charge in [0, 0.05) is 16.0 Å². The Kier molecular flexibility index (Phi) is 5.78. The smallest absolute Gasteiger partial charge is 0.147 e. The zero-order valence-corrected chi connectivity index (χ0v) is 16.0. The van der Waals surface area contributed by atoms with Gasteiger partial charge >= 0.3 is 0 Å². The maximum absolute atomic E-state index is 6.00. The maximum atomic E-state index is 6.00. The molecular weight excluding hydrogens is 473 g/mol. The van der Waals surface area contributed by atoms with Gasteiger partial charge < -0.3 is 10.1 Å². The molecule has 0 aromatic heterocycles. The minimum absolute atomic E-state index is 0.681. The normalized spacial score (nSPS) is 10.4. The predicted molar refractivity (Wildman–Crippen MR) is 94.9 cm³/mol. The van der Waals surface area contributed by atoms with Crippen molar-refractivity contribution in [1.29, 1.82) is 0 Å². The number of hydrogen-bond acceptors (Lipinski definition) is 2. The van der Waals surface area contributed by atoms with E-state index in [0.717, 1.165) is 30.4 Å². The molecular formula is C14H11Br3ClNO. The molecule has 20 heavy (non-hydrogen) atoms. The summed E-state index contributed by atoms with van der Waals surface area (Å²) in [7, 11) is 1.64. The highest BCUT2D eigenvalue weighted by Gasteiger charge is 2.08. The molecule has 0 saturated carbocycles. The Morgan fingerprint density at radius 2 is 1.70 bits per heavy atom. The molecule has 0 unspecified atom stereocenters. The van der Waals surface area contributed by atoms with Crippen molar-refractivity contribution < 1.29 is 4.74 Å². The first kappa shape index (κ1) is 16.1. The van der Waals surface area contributed by atoms with Crippen molar-refractivity contribution in [3.05, 3.63) is 54.3 Å². The van der Waals surface area contributed by atoms with Gasteiger partial charge in [0.2, 0.25) is 0 Å². The van der Waals surface area contributed by atoms with Crippen molar-refractivity contribution in [3.8, 4) is 5.75 Å². The van der Waals surface area contributed by atoms with Crippen LogP contribution in [0.15, 0.2) is 43.7 Å². The third-order valence-corrected chi connectivity index (χ3v) is 4.78. The highest BCUT2D eigenvalue weighted by atomic mass is 79.9. The molecule has 2 aromatic carbocycles. The summed E-state index contributed by atoms with van der Waals surface area (Å²) >= 11 is 16.5. The Bertz CT molecular complexity index is 611. The molecule has 6 heteroatoms. The SMILES string of the molecule is COc1c(Br)cc(CNc2cc(Cl)ccc2Br)cc1Br. The number of ether oxygens (including phenoxy) is 1. The van der Waals surface area contributed by atoms with Crippen LogP contribution in [-0.4, -0.2) is 7.11 Å². The van der Waals surface area contributed by atoms with E-state index in [2.05, 4.69) is 53.1 Å². The van der Waals surface area contributed by atoms with E-state index in [1.54, 1.807) is 7.11 Å². The van der Waals surface area contributed by atoms with Crippen molar-refractivity contribution in [2.45, 2.75) is 6.54 Å². The Hall–Kier alpha value is -0.230. The summed E-state index contributed by atoms with van der Waals surface area (Å²) < 4.78 is 8.10. The lowest BCUT2D eigenvalue weighted by molar-refractivity contribution is 0.409. The third kappa shape index (κ3) is 3.91. The van der Waals surface area contributed by atoms with Crippen LogP contribution >= 0.6 is 59.4 Å². The number of methoxy groups -OCH3 is 1. The Balaban J connectivity index is 2.17. The number of nitrogens with one attached hydrogen (secondary N) is 1. The van der Waals surface area contributed by atoms with Crippen molar-refractivity contribution in [1.82, 2.24) is 0 Å². The van der Waals surface area contributed by atoms with Gasteiger partial charge in [-0.1, -0.05) is 11.6 Å². The van der Waals surface area contributed by atoms with E-state index in [9.17, 15) is 0 Å². The maximum Gasteiger partial charge on any atom is 0.147 e. The molecule has 0 atom stereocenters. The van der Waals surface area contributed by atoms with Crippen LogP contribution in [0.1, 0.15) is 5.56 Å². The zero-order chi connectivity index (χ0) is 14.7. The Morgan fingerprint density at radius 1 is 1.05 bits per heavy atom. The summed E-state index contributed by atoms with van der Waals surface area (Å²) in [6.07, 6.45) is 0. The van der Waals surface area contributed by atoms with Gasteiger partial charge in [0.25, 0.3) is 0 Å². The van der Waals surface area contributed by atoms with Crippen molar-refractivity contribution in [2.75, 3.05) is 12.4 Å². The number of anilines is 1. The van der Waals surface area contributed by atoms with E-state index in [0.29, 0.717) is 11.6 Å². The molecule has 1 N–H and O–H groups in total. The molecule has 0 bridgehead atoms. The third-order valence-electron chi connectivity index (χ3n) is 2.67. The van der Waals surface area contributed by atoms with Gasteiger partial charge in [-0.25, -0.2) is 0 Å². The molecule has 0 radical (unpaired) electrons. The van der Waals surface area contributed by atoms with Gasteiger partial charge in [-0.05, 0) is 83.7 Å². The summed E-state index contributed by atoms with van der Waals surface area (Å²) in [6.45, 7) is 0.681. The topological polar surface area (TPSA) is 21.3 Å². The zero-order valence-electron chi connectivity index (χ0n) is 10.5. The molecule has 0 amide bonds. The highest BCUT2D eigenvalue weighted by molar-refractivity contribution is 9.11. The molecule has 0 heterocycles. The Morgan fingerprint density at radius 3 is 2.30 bits per heavy atom. The van der Waals surface area contributed by atoms with E-state index in [-0.39, 0.29) is 0 Å². The van der Waals surface area contributed by atoms with Crippen molar-refractivity contribution >= 4 is 65.1 Å². The van der Waals surface area contributed by atoms with Gasteiger partial charge in [0.1, 0.15) is 5.75 Å². The second-order valence-electron chi connectivity index (χ2n) is 4.07. The molecule has 0 aliphatic carbocycles. The fourth-order valence-corrected chi connectivity index (χ4v) is 3.90. The lowest BCUT2D eigenvalue weighted by atomic mass is 10.2. The molecule has 0 aliphatic rings. The summed E-state index contributed by atoms with van der Waals surface area (Å²) in [4.78, 5) is 0. The lowest BCUT2D eigenvalue weighted by Gasteiger charge is -2.12. The van der Waals surface area contributed by atoms with Crippen molar-refractivity contribution in [3.63, 3.8) is 0 Å². The second-order valence-corrected chi connectivity index (χ2v) is 7.07. The number of halogens is 4. The van der Waals surface area contributed by atoms with Crippen molar-refractivity contribution in [2.24, 2.45) is 0 Å². The highest BCUT2D eigenvalue weighted by Crippen LogP contribution is 2.35. The van der Waals surface area contributed by atoms with Crippen LogP contribution in [0, 0.1) is 0 Å². The molecule has 0 spiro atoms. The van der Waals surface area contributed by atoms with Crippen LogP contribution in [0.5, 0.6) is 5.75 Å². The van der Waals surface area contributed by atoms with E-state index in [1.807, 2.05) is 30.3 Å². The largest absolute Gasteiger partial charge is 0.494 e. The fraction of sp³-hybridized carbons (Fsp3) is 0.143. The number of benzene rings is 2. The van der Waals surface area contributed by atoms with Crippen LogP contribution in [0.4, 0.5) is 5.69 Å². The van der Waals surface area contributed by atoms with Crippen LogP contribution in [-0.2, 0) is 6.54 Å². The summed E-state index contributed by atoms with van der Waals surface area (Å²) in [5.74, 6) is 0.790. The molecule has 2 aromatic rings. The van der Waals surface area contributed by atoms with E-state index >= 15 is 0 Å². The first-order valence-corrected chi connectivity index (χ1v) is 8.48. The van der Waals surface area contributed by atoms with Gasteiger partial charge in [-0.3, -0.25) is 0 Å². The summed E-state index contributed by atoms with van der Waals surface area (Å²) in [5, 5.41) is 4.05. The monoisotopic (exact) mass is 481 g/mol. The summed E-state index contributed by atoms with van der Waals surface area (Å²) in [6, 6.07) is 9.70. The van der Waals surface area contributed by atoms with Gasteiger partial charge in [-0.2, -0.15) is 0 Å². The van der Waals surface area contributed by atoms with E-state index < -0.39 is 0 Å². The second kappa shape index (κ2) is 7.16. The van der Waals surface area contributed by atoms with E-state index in [4.69, 9.17) is 16.3 Å². The minimum atomic E-state index is 0.681. The molecule has 0 aliphatic heterocycles. The molecule has 0 fully saturated rings. The predicted octanol–water partition coefficient (Wildman–Crippen LogP) is 6.25. The van der Waals surface area contributed by atoms with Crippen LogP contribution in [0.3, 0.4) is 0 Å². The summed E-state index contributed by atoms with van der Waals surface area (Å²) in [5.41, 5.74) is 2.08. The molecule has 2 nitrogen and oxygen atoms in total. The van der Waals surface area contributed by atoms with Crippen LogP contribution in [0.25, 0.3) is 0 Å². The Labute approximate surface area is 148 Å². The molecule has 2 rings (SSSR count). The lowest BCUT2D eigenvalue weighted by Crippen LogP contribution is -2.01. The van der Waals surface area contributed by atoms with Gasteiger partial charge in [0.05, 0.1) is 21.7 Å². The van der Waals surface area contributed by atoms with Crippen LogP contribution in [0.2, 0.25) is 5.02 Å². The average Bonchev–Trinajstić information content (AvgIpc) is 2.39. The average molecular weight is 484 g/mol. The fourth-order valence-electron chi connectivity index (χ4n) is 1.74. The minimum Gasteiger partial charge on any atom is -0.494 e. The van der Waals surface area contributed by atoms with E-state index in [1.165, 1.54) is 0 Å². The standard InChI is InChI=1S/C14H11Br3ClNO/c1-20-14-11(16)4-8(5-12(14)17)7-19-13-6-9(18)2-3-10(13)15/h2-6,19H,7H2,1H3. The first-order chi connectivity index (χ1) is 9.51. The first-order valence-electron chi connectivity index (χ1n) is 5.72.